The maximum atomic E-state index is 4.38. The Morgan fingerprint density at radius 2 is 2.16 bits per heavy atom. The Morgan fingerprint density at radius 3 is 2.95 bits per heavy atom. The average Bonchev–Trinajstić information content (AvgIpc) is 2.95. The van der Waals surface area contributed by atoms with Crippen molar-refractivity contribution in [3.05, 3.63) is 46.6 Å². The van der Waals surface area contributed by atoms with E-state index in [4.69, 9.17) is 0 Å². The molecule has 0 amide bonds. The number of H-pyrrole nitrogens is 1. The van der Waals surface area contributed by atoms with Gasteiger partial charge in [-0.25, -0.2) is 4.98 Å². The van der Waals surface area contributed by atoms with Crippen LogP contribution >= 0.6 is 11.3 Å². The van der Waals surface area contributed by atoms with Gasteiger partial charge in [0.15, 0.2) is 0 Å². The molecule has 0 aliphatic rings. The highest BCUT2D eigenvalue weighted by atomic mass is 32.1. The average molecular weight is 270 g/mol. The number of rotatable bonds is 3. The number of aromatic amines is 1. The Morgan fingerprint density at radius 1 is 1.32 bits per heavy atom. The summed E-state index contributed by atoms with van der Waals surface area (Å²) in [5, 5.41) is 6.23. The molecule has 19 heavy (non-hydrogen) atoms. The van der Waals surface area contributed by atoms with Crippen molar-refractivity contribution in [2.45, 2.75) is 13.8 Å². The lowest BCUT2D eigenvalue weighted by Crippen LogP contribution is -1.89. The molecule has 0 radical (unpaired) electrons. The second-order valence-electron chi connectivity index (χ2n) is 4.32. The van der Waals surface area contributed by atoms with Crippen molar-refractivity contribution in [3.8, 4) is 0 Å². The second-order valence-corrected chi connectivity index (χ2v) is 5.52. The number of nitrogens with zero attached hydrogens (tertiary/aromatic N) is 2. The molecule has 0 fully saturated rings. The Kier molecular flexibility index (Phi) is 3.05. The molecule has 0 aliphatic heterocycles. The van der Waals surface area contributed by atoms with Crippen LogP contribution in [-0.2, 0) is 0 Å². The molecule has 0 bridgehead atoms. The van der Waals surface area contributed by atoms with E-state index in [0.717, 1.165) is 21.9 Å². The van der Waals surface area contributed by atoms with E-state index < -0.39 is 0 Å². The number of fused-ring (bicyclic) bond motifs is 1. The standard InChI is InChI=1S/C14H14N4S/c1-9-10(2)19-14(17-9)18-16-8-11-7-15-13-6-4-3-5-12(11)13/h3-8,15H,1-2H3,(H,17,18)/b16-8-. The van der Waals surface area contributed by atoms with Crippen LogP contribution in [-0.4, -0.2) is 16.2 Å². The maximum Gasteiger partial charge on any atom is 0.203 e. The van der Waals surface area contributed by atoms with Crippen LogP contribution in [0.25, 0.3) is 10.9 Å². The minimum atomic E-state index is 0.825. The lowest BCUT2D eigenvalue weighted by atomic mass is 10.2. The lowest BCUT2D eigenvalue weighted by molar-refractivity contribution is 1.20. The first-order chi connectivity index (χ1) is 9.24. The minimum Gasteiger partial charge on any atom is -0.361 e. The predicted molar refractivity (Wildman–Crippen MR) is 81.1 cm³/mol. The van der Waals surface area contributed by atoms with Crippen LogP contribution in [0.5, 0.6) is 0 Å². The highest BCUT2D eigenvalue weighted by Gasteiger charge is 2.02. The van der Waals surface area contributed by atoms with Crippen LogP contribution in [0.1, 0.15) is 16.1 Å². The van der Waals surface area contributed by atoms with E-state index in [1.165, 1.54) is 10.3 Å². The molecule has 96 valence electrons. The molecule has 3 aromatic rings. The zero-order valence-corrected chi connectivity index (χ0v) is 11.6. The summed E-state index contributed by atoms with van der Waals surface area (Å²) in [6.07, 6.45) is 3.76. The van der Waals surface area contributed by atoms with Gasteiger partial charge in [0, 0.05) is 27.5 Å². The summed E-state index contributed by atoms with van der Waals surface area (Å²) in [5.41, 5.74) is 6.20. The SMILES string of the molecule is Cc1nc(N/N=C\c2c[nH]c3ccccc23)sc1C. The highest BCUT2D eigenvalue weighted by molar-refractivity contribution is 7.15. The number of nitrogens with one attached hydrogen (secondary N) is 2. The molecule has 5 heteroatoms. The Labute approximate surface area is 115 Å². The Bertz CT molecular complexity index is 719. The largest absolute Gasteiger partial charge is 0.361 e. The van der Waals surface area contributed by atoms with E-state index in [0.29, 0.717) is 0 Å². The predicted octanol–water partition coefficient (Wildman–Crippen LogP) is 3.69. The lowest BCUT2D eigenvalue weighted by Gasteiger charge is -1.93. The highest BCUT2D eigenvalue weighted by Crippen LogP contribution is 2.21. The van der Waals surface area contributed by atoms with Crippen molar-refractivity contribution in [2.24, 2.45) is 5.10 Å². The van der Waals surface area contributed by atoms with E-state index in [9.17, 15) is 0 Å². The molecular formula is C14H14N4S. The Hall–Kier alpha value is -2.14. The Balaban J connectivity index is 1.79. The summed E-state index contributed by atoms with van der Waals surface area (Å²) in [6.45, 7) is 4.06. The van der Waals surface area contributed by atoms with Gasteiger partial charge in [-0.05, 0) is 19.9 Å². The van der Waals surface area contributed by atoms with Gasteiger partial charge >= 0.3 is 0 Å². The summed E-state index contributed by atoms with van der Waals surface area (Å²) < 4.78 is 0. The van der Waals surface area contributed by atoms with Crippen LogP contribution in [0.3, 0.4) is 0 Å². The number of thiazole rings is 1. The minimum absolute atomic E-state index is 0.825. The molecule has 3 rings (SSSR count). The molecule has 4 nitrogen and oxygen atoms in total. The van der Waals surface area contributed by atoms with Gasteiger partial charge in [-0.2, -0.15) is 5.10 Å². The van der Waals surface area contributed by atoms with Gasteiger partial charge in [0.2, 0.25) is 5.13 Å². The maximum absolute atomic E-state index is 4.38. The van der Waals surface area contributed by atoms with E-state index in [1.807, 2.05) is 37.5 Å². The molecule has 2 heterocycles. The zero-order chi connectivity index (χ0) is 13.2. The summed E-state index contributed by atoms with van der Waals surface area (Å²) >= 11 is 1.61. The van der Waals surface area contributed by atoms with Crippen molar-refractivity contribution < 1.29 is 0 Å². The van der Waals surface area contributed by atoms with Gasteiger partial charge < -0.3 is 4.98 Å². The summed E-state index contributed by atoms with van der Waals surface area (Å²) in [4.78, 5) is 8.81. The first-order valence-corrected chi connectivity index (χ1v) is 6.85. The van der Waals surface area contributed by atoms with Gasteiger partial charge in [0.05, 0.1) is 11.9 Å². The number of benzene rings is 1. The van der Waals surface area contributed by atoms with Gasteiger partial charge in [-0.15, -0.1) is 11.3 Å². The van der Waals surface area contributed by atoms with Crippen LogP contribution in [0.2, 0.25) is 0 Å². The number of hydrogen-bond donors (Lipinski definition) is 2. The van der Waals surface area contributed by atoms with E-state index in [2.05, 4.69) is 33.5 Å². The summed E-state index contributed by atoms with van der Waals surface area (Å²) in [7, 11) is 0. The molecule has 0 saturated carbocycles. The molecule has 0 aliphatic carbocycles. The molecule has 2 aromatic heterocycles. The van der Waals surface area contributed by atoms with E-state index in [-0.39, 0.29) is 0 Å². The van der Waals surface area contributed by atoms with Gasteiger partial charge in [0.25, 0.3) is 0 Å². The third-order valence-electron chi connectivity index (χ3n) is 3.01. The number of hydrogen-bond acceptors (Lipinski definition) is 4. The number of aryl methyl sites for hydroxylation is 2. The molecule has 0 saturated heterocycles. The van der Waals surface area contributed by atoms with Gasteiger partial charge in [-0.1, -0.05) is 18.2 Å². The van der Waals surface area contributed by atoms with Crippen LogP contribution < -0.4 is 5.43 Å². The number of para-hydroxylation sites is 1. The fraction of sp³-hybridized carbons (Fsp3) is 0.143. The van der Waals surface area contributed by atoms with Gasteiger partial charge in [0.1, 0.15) is 0 Å². The van der Waals surface area contributed by atoms with Crippen molar-refractivity contribution in [2.75, 3.05) is 5.43 Å². The third-order valence-corrected chi connectivity index (χ3v) is 3.99. The van der Waals surface area contributed by atoms with E-state index >= 15 is 0 Å². The van der Waals surface area contributed by atoms with Crippen molar-refractivity contribution in [1.29, 1.82) is 0 Å². The third kappa shape index (κ3) is 2.37. The summed E-state index contributed by atoms with van der Waals surface area (Å²) in [5.74, 6) is 0. The smallest absolute Gasteiger partial charge is 0.203 e. The molecule has 0 spiro atoms. The normalized spacial score (nSPS) is 11.5. The van der Waals surface area contributed by atoms with Crippen LogP contribution in [0.4, 0.5) is 5.13 Å². The van der Waals surface area contributed by atoms with Crippen LogP contribution in [0.15, 0.2) is 35.6 Å². The fourth-order valence-electron chi connectivity index (χ4n) is 1.88. The number of anilines is 1. The van der Waals surface area contributed by atoms with Crippen molar-refractivity contribution in [3.63, 3.8) is 0 Å². The molecule has 2 N–H and O–H groups in total. The first-order valence-electron chi connectivity index (χ1n) is 6.03. The number of hydrazone groups is 1. The van der Waals surface area contributed by atoms with Crippen molar-refractivity contribution >= 4 is 33.6 Å². The van der Waals surface area contributed by atoms with E-state index in [1.54, 1.807) is 11.3 Å². The van der Waals surface area contributed by atoms with Crippen LogP contribution in [0, 0.1) is 13.8 Å². The first kappa shape index (κ1) is 11.9. The molecule has 0 atom stereocenters. The molecule has 0 unspecified atom stereocenters. The quantitative estimate of drug-likeness (QED) is 0.563. The fourth-order valence-corrected chi connectivity index (χ4v) is 2.64. The van der Waals surface area contributed by atoms with Crippen molar-refractivity contribution in [1.82, 2.24) is 9.97 Å². The summed E-state index contributed by atoms with van der Waals surface area (Å²) in [6, 6.07) is 8.16. The molecular weight excluding hydrogens is 256 g/mol. The number of aromatic nitrogens is 2. The zero-order valence-electron chi connectivity index (χ0n) is 10.8. The van der Waals surface area contributed by atoms with Gasteiger partial charge in [-0.3, -0.25) is 5.43 Å². The molecule has 1 aromatic carbocycles. The second kappa shape index (κ2) is 4.85. The topological polar surface area (TPSA) is 53.1 Å². The monoisotopic (exact) mass is 270 g/mol.